The third-order valence-electron chi connectivity index (χ3n) is 4.07. The summed E-state index contributed by atoms with van der Waals surface area (Å²) in [4.78, 5) is 24.9. The quantitative estimate of drug-likeness (QED) is 0.854. The van der Waals surface area contributed by atoms with Gasteiger partial charge in [-0.05, 0) is 12.8 Å². The SMILES string of the molecule is COc1cc(N2CCCC(N(C)C(=O)C(C)(C)C)C2)ncn1. The zero-order chi connectivity index (χ0) is 16.3. The Labute approximate surface area is 132 Å². The summed E-state index contributed by atoms with van der Waals surface area (Å²) in [5.41, 5.74) is -0.352. The summed E-state index contributed by atoms with van der Waals surface area (Å²) in [6.45, 7) is 7.61. The number of likely N-dealkylation sites (N-methyl/N-ethyl adjacent to an activating group) is 1. The molecule has 0 N–H and O–H groups in total. The van der Waals surface area contributed by atoms with Crippen LogP contribution < -0.4 is 9.64 Å². The summed E-state index contributed by atoms with van der Waals surface area (Å²) in [5.74, 6) is 1.60. The maximum atomic E-state index is 12.5. The van der Waals surface area contributed by atoms with Crippen LogP contribution in [0.1, 0.15) is 33.6 Å². The maximum Gasteiger partial charge on any atom is 0.227 e. The molecule has 0 spiro atoms. The highest BCUT2D eigenvalue weighted by Crippen LogP contribution is 2.25. The zero-order valence-electron chi connectivity index (χ0n) is 14.2. The first-order valence-corrected chi connectivity index (χ1v) is 7.71. The standard InChI is InChI=1S/C16H26N4O2/c1-16(2,3)15(21)19(4)12-7-6-8-20(10-12)13-9-14(22-5)18-11-17-13/h9,11-12H,6-8,10H2,1-5H3. The number of carbonyl (C=O) groups is 1. The molecule has 0 saturated carbocycles. The van der Waals surface area contributed by atoms with Crippen LogP contribution in [-0.2, 0) is 4.79 Å². The van der Waals surface area contributed by atoms with Crippen LogP contribution in [0.15, 0.2) is 12.4 Å². The van der Waals surface area contributed by atoms with Gasteiger partial charge in [-0.2, -0.15) is 0 Å². The van der Waals surface area contributed by atoms with Crippen LogP contribution in [0.25, 0.3) is 0 Å². The lowest BCUT2D eigenvalue weighted by molar-refractivity contribution is -0.140. The molecular weight excluding hydrogens is 280 g/mol. The van der Waals surface area contributed by atoms with Crippen molar-refractivity contribution < 1.29 is 9.53 Å². The molecule has 0 aliphatic carbocycles. The molecule has 122 valence electrons. The Balaban J connectivity index is 2.10. The van der Waals surface area contributed by atoms with Crippen LogP contribution in [0.3, 0.4) is 0 Å². The topological polar surface area (TPSA) is 58.6 Å². The van der Waals surface area contributed by atoms with E-state index in [0.717, 1.165) is 31.7 Å². The molecule has 1 aromatic heterocycles. The van der Waals surface area contributed by atoms with Crippen LogP contribution in [0.4, 0.5) is 5.82 Å². The van der Waals surface area contributed by atoms with Gasteiger partial charge in [-0.25, -0.2) is 9.97 Å². The second-order valence-electron chi connectivity index (χ2n) is 6.83. The molecule has 0 aromatic carbocycles. The molecule has 1 aliphatic rings. The van der Waals surface area contributed by atoms with E-state index in [0.29, 0.717) is 5.88 Å². The highest BCUT2D eigenvalue weighted by molar-refractivity contribution is 5.81. The van der Waals surface area contributed by atoms with Crippen LogP contribution >= 0.6 is 0 Å². The molecule has 1 saturated heterocycles. The number of hydrogen-bond acceptors (Lipinski definition) is 5. The van der Waals surface area contributed by atoms with Crippen molar-refractivity contribution >= 4 is 11.7 Å². The van der Waals surface area contributed by atoms with Crippen molar-refractivity contribution in [1.82, 2.24) is 14.9 Å². The van der Waals surface area contributed by atoms with Gasteiger partial charge in [-0.3, -0.25) is 4.79 Å². The Morgan fingerprint density at radius 2 is 2.14 bits per heavy atom. The van der Waals surface area contributed by atoms with Crippen molar-refractivity contribution in [1.29, 1.82) is 0 Å². The van der Waals surface area contributed by atoms with E-state index in [1.165, 1.54) is 6.33 Å². The van der Waals surface area contributed by atoms with Crippen LogP contribution in [0, 0.1) is 5.41 Å². The molecular formula is C16H26N4O2. The van der Waals surface area contributed by atoms with Gasteiger partial charge in [0.15, 0.2) is 0 Å². The van der Waals surface area contributed by atoms with Gasteiger partial charge < -0.3 is 14.5 Å². The first kappa shape index (κ1) is 16.5. The van der Waals surface area contributed by atoms with E-state index in [2.05, 4.69) is 14.9 Å². The van der Waals surface area contributed by atoms with Crippen molar-refractivity contribution in [2.45, 2.75) is 39.7 Å². The lowest BCUT2D eigenvalue weighted by Gasteiger charge is -2.40. The summed E-state index contributed by atoms with van der Waals surface area (Å²) >= 11 is 0. The van der Waals surface area contributed by atoms with Crippen molar-refractivity contribution in [3.63, 3.8) is 0 Å². The Morgan fingerprint density at radius 3 is 2.77 bits per heavy atom. The highest BCUT2D eigenvalue weighted by Gasteiger charge is 2.32. The minimum absolute atomic E-state index is 0.180. The lowest BCUT2D eigenvalue weighted by Crippen LogP contribution is -2.51. The van der Waals surface area contributed by atoms with E-state index in [1.54, 1.807) is 7.11 Å². The van der Waals surface area contributed by atoms with Gasteiger partial charge in [-0.15, -0.1) is 0 Å². The highest BCUT2D eigenvalue weighted by atomic mass is 16.5. The molecule has 0 bridgehead atoms. The lowest BCUT2D eigenvalue weighted by atomic mass is 9.93. The first-order chi connectivity index (χ1) is 10.3. The van der Waals surface area contributed by atoms with Gasteiger partial charge in [0.1, 0.15) is 12.1 Å². The summed E-state index contributed by atoms with van der Waals surface area (Å²) in [5, 5.41) is 0. The van der Waals surface area contributed by atoms with Gasteiger partial charge in [0.2, 0.25) is 11.8 Å². The van der Waals surface area contributed by atoms with E-state index in [1.807, 2.05) is 38.8 Å². The van der Waals surface area contributed by atoms with Gasteiger partial charge in [0.05, 0.1) is 7.11 Å². The van der Waals surface area contributed by atoms with E-state index in [9.17, 15) is 4.79 Å². The molecule has 6 heteroatoms. The molecule has 1 amide bonds. The van der Waals surface area contributed by atoms with E-state index < -0.39 is 0 Å². The first-order valence-electron chi connectivity index (χ1n) is 7.71. The third kappa shape index (κ3) is 3.67. The zero-order valence-corrected chi connectivity index (χ0v) is 14.2. The number of amides is 1. The smallest absolute Gasteiger partial charge is 0.227 e. The average molecular weight is 306 g/mol. The predicted octanol–water partition coefficient (Wildman–Crippen LogP) is 1.96. The summed E-state index contributed by atoms with van der Waals surface area (Å²) in [7, 11) is 3.50. The van der Waals surface area contributed by atoms with Crippen LogP contribution in [0.5, 0.6) is 5.88 Å². The molecule has 2 heterocycles. The van der Waals surface area contributed by atoms with Crippen molar-refractivity contribution in [2.75, 3.05) is 32.1 Å². The summed E-state index contributed by atoms with van der Waals surface area (Å²) in [6.07, 6.45) is 3.58. The van der Waals surface area contributed by atoms with Gasteiger partial charge in [-0.1, -0.05) is 20.8 Å². The number of rotatable bonds is 3. The Morgan fingerprint density at radius 1 is 1.41 bits per heavy atom. The normalized spacial score (nSPS) is 19.0. The van der Waals surface area contributed by atoms with Crippen LogP contribution in [0.2, 0.25) is 0 Å². The fraction of sp³-hybridized carbons (Fsp3) is 0.688. The predicted molar refractivity (Wildman–Crippen MR) is 86.0 cm³/mol. The Bertz CT molecular complexity index is 527. The molecule has 1 atom stereocenters. The minimum Gasteiger partial charge on any atom is -0.481 e. The van der Waals surface area contributed by atoms with Crippen LogP contribution in [-0.4, -0.2) is 54.1 Å². The largest absolute Gasteiger partial charge is 0.481 e. The molecule has 0 radical (unpaired) electrons. The molecule has 1 fully saturated rings. The summed E-state index contributed by atoms with van der Waals surface area (Å²) in [6, 6.07) is 2.05. The molecule has 6 nitrogen and oxygen atoms in total. The summed E-state index contributed by atoms with van der Waals surface area (Å²) < 4.78 is 5.16. The van der Waals surface area contributed by atoms with E-state index in [-0.39, 0.29) is 17.4 Å². The fourth-order valence-corrected chi connectivity index (χ4v) is 2.79. The Hall–Kier alpha value is -1.85. The maximum absolute atomic E-state index is 12.5. The Kier molecular flexibility index (Phi) is 4.88. The van der Waals surface area contributed by atoms with Gasteiger partial charge >= 0.3 is 0 Å². The van der Waals surface area contributed by atoms with Crippen molar-refractivity contribution in [3.05, 3.63) is 12.4 Å². The molecule has 1 unspecified atom stereocenters. The second-order valence-corrected chi connectivity index (χ2v) is 6.83. The molecule has 2 rings (SSSR count). The molecule has 1 aliphatic heterocycles. The van der Waals surface area contributed by atoms with Crippen molar-refractivity contribution in [3.8, 4) is 5.88 Å². The molecule has 1 aromatic rings. The third-order valence-corrected chi connectivity index (χ3v) is 4.07. The van der Waals surface area contributed by atoms with Gasteiger partial charge in [0.25, 0.3) is 0 Å². The number of anilines is 1. The van der Waals surface area contributed by atoms with E-state index in [4.69, 9.17) is 4.74 Å². The average Bonchev–Trinajstić information content (AvgIpc) is 2.52. The number of methoxy groups -OCH3 is 1. The van der Waals surface area contributed by atoms with E-state index >= 15 is 0 Å². The van der Waals surface area contributed by atoms with Gasteiger partial charge in [0, 0.05) is 37.7 Å². The second kappa shape index (κ2) is 6.50. The number of nitrogens with zero attached hydrogens (tertiary/aromatic N) is 4. The minimum atomic E-state index is -0.352. The number of carbonyl (C=O) groups excluding carboxylic acids is 1. The number of ether oxygens (including phenoxy) is 1. The number of piperidine rings is 1. The number of aromatic nitrogens is 2. The number of hydrogen-bond donors (Lipinski definition) is 0. The molecule has 22 heavy (non-hydrogen) atoms. The fourth-order valence-electron chi connectivity index (χ4n) is 2.79. The van der Waals surface area contributed by atoms with Crippen molar-refractivity contribution in [2.24, 2.45) is 5.41 Å². The monoisotopic (exact) mass is 306 g/mol.